The van der Waals surface area contributed by atoms with Gasteiger partial charge < -0.3 is 4.74 Å². The molecule has 0 radical (unpaired) electrons. The van der Waals surface area contributed by atoms with Crippen molar-refractivity contribution in [2.45, 2.75) is 0 Å². The Labute approximate surface area is 92.3 Å². The number of halogens is 1. The fourth-order valence-corrected chi connectivity index (χ4v) is 1.28. The number of carbonyl (C=O) groups is 1. The molecule has 0 spiro atoms. The first-order valence-corrected chi connectivity index (χ1v) is 4.76. The SMILES string of the molecule is O=Cc1ccc(Oc2cccc(F)c2)cc1. The molecule has 0 amide bonds. The van der Waals surface area contributed by atoms with Crippen LogP contribution in [0.15, 0.2) is 48.5 Å². The molecule has 0 saturated carbocycles. The van der Waals surface area contributed by atoms with E-state index in [4.69, 9.17) is 4.74 Å². The van der Waals surface area contributed by atoms with Crippen molar-refractivity contribution in [3.05, 3.63) is 59.9 Å². The van der Waals surface area contributed by atoms with Gasteiger partial charge in [0, 0.05) is 11.6 Å². The Bertz CT molecular complexity index is 492. The highest BCUT2D eigenvalue weighted by atomic mass is 19.1. The van der Waals surface area contributed by atoms with Gasteiger partial charge in [-0.2, -0.15) is 0 Å². The zero-order valence-corrected chi connectivity index (χ0v) is 8.39. The third-order valence-corrected chi connectivity index (χ3v) is 2.05. The summed E-state index contributed by atoms with van der Waals surface area (Å²) in [5, 5.41) is 0. The van der Waals surface area contributed by atoms with Gasteiger partial charge in [0.25, 0.3) is 0 Å². The molecular formula is C13H9FO2. The summed E-state index contributed by atoms with van der Waals surface area (Å²) in [6, 6.07) is 12.5. The fraction of sp³-hybridized carbons (Fsp3) is 0. The summed E-state index contributed by atoms with van der Waals surface area (Å²) in [6.45, 7) is 0. The topological polar surface area (TPSA) is 26.3 Å². The lowest BCUT2D eigenvalue weighted by Gasteiger charge is -2.05. The number of hydrogen-bond donors (Lipinski definition) is 0. The predicted octanol–water partition coefficient (Wildman–Crippen LogP) is 3.43. The van der Waals surface area contributed by atoms with Crippen LogP contribution in [-0.2, 0) is 0 Å². The maximum absolute atomic E-state index is 12.9. The Hall–Kier alpha value is -2.16. The van der Waals surface area contributed by atoms with Crippen LogP contribution >= 0.6 is 0 Å². The first-order chi connectivity index (χ1) is 7.78. The average Bonchev–Trinajstić information content (AvgIpc) is 2.30. The normalized spacial score (nSPS) is 9.81. The third-order valence-electron chi connectivity index (χ3n) is 2.05. The molecule has 0 atom stereocenters. The summed E-state index contributed by atoms with van der Waals surface area (Å²) in [5.41, 5.74) is 0.576. The maximum atomic E-state index is 12.9. The number of hydrogen-bond acceptors (Lipinski definition) is 2. The minimum atomic E-state index is -0.345. The van der Waals surface area contributed by atoms with Gasteiger partial charge in [0.05, 0.1) is 0 Å². The van der Waals surface area contributed by atoms with Crippen molar-refractivity contribution < 1.29 is 13.9 Å². The standard InChI is InChI=1S/C13H9FO2/c14-11-2-1-3-13(8-11)16-12-6-4-10(9-15)5-7-12/h1-9H. The van der Waals surface area contributed by atoms with Crippen molar-refractivity contribution in [3.63, 3.8) is 0 Å². The van der Waals surface area contributed by atoms with Crippen molar-refractivity contribution in [2.24, 2.45) is 0 Å². The molecule has 2 aromatic carbocycles. The van der Waals surface area contributed by atoms with Gasteiger partial charge in [-0.05, 0) is 36.4 Å². The lowest BCUT2D eigenvalue weighted by atomic mass is 10.2. The summed E-state index contributed by atoms with van der Waals surface area (Å²) in [6.07, 6.45) is 0.756. The zero-order chi connectivity index (χ0) is 11.4. The summed E-state index contributed by atoms with van der Waals surface area (Å²) >= 11 is 0. The quantitative estimate of drug-likeness (QED) is 0.734. The smallest absolute Gasteiger partial charge is 0.150 e. The molecule has 0 bridgehead atoms. The first-order valence-electron chi connectivity index (χ1n) is 4.76. The van der Waals surface area contributed by atoms with Gasteiger partial charge >= 0.3 is 0 Å². The van der Waals surface area contributed by atoms with Gasteiger partial charge in [-0.3, -0.25) is 4.79 Å². The molecule has 0 N–H and O–H groups in total. The monoisotopic (exact) mass is 216 g/mol. The number of benzene rings is 2. The van der Waals surface area contributed by atoms with E-state index in [9.17, 15) is 9.18 Å². The molecule has 0 aromatic heterocycles. The lowest BCUT2D eigenvalue weighted by Crippen LogP contribution is -1.86. The molecule has 3 heteroatoms. The number of ether oxygens (including phenoxy) is 1. The van der Waals surface area contributed by atoms with E-state index in [1.165, 1.54) is 12.1 Å². The third kappa shape index (κ3) is 2.45. The van der Waals surface area contributed by atoms with Crippen LogP contribution < -0.4 is 4.74 Å². The molecule has 0 aliphatic heterocycles. The van der Waals surface area contributed by atoms with Crippen LogP contribution in [-0.4, -0.2) is 6.29 Å². The van der Waals surface area contributed by atoms with Crippen LogP contribution in [0.2, 0.25) is 0 Å². The van der Waals surface area contributed by atoms with Gasteiger partial charge in [0.1, 0.15) is 23.6 Å². The summed E-state index contributed by atoms with van der Waals surface area (Å²) < 4.78 is 18.3. The zero-order valence-electron chi connectivity index (χ0n) is 8.39. The minimum absolute atomic E-state index is 0.345. The second-order valence-corrected chi connectivity index (χ2v) is 3.25. The molecule has 80 valence electrons. The Morgan fingerprint density at radius 2 is 1.75 bits per heavy atom. The van der Waals surface area contributed by atoms with E-state index >= 15 is 0 Å². The van der Waals surface area contributed by atoms with Crippen LogP contribution in [0.25, 0.3) is 0 Å². The van der Waals surface area contributed by atoms with Crippen LogP contribution in [0, 0.1) is 5.82 Å². The van der Waals surface area contributed by atoms with E-state index in [2.05, 4.69) is 0 Å². The Morgan fingerprint density at radius 3 is 2.38 bits per heavy atom. The van der Waals surface area contributed by atoms with E-state index in [-0.39, 0.29) is 5.82 Å². The molecule has 0 aliphatic rings. The second-order valence-electron chi connectivity index (χ2n) is 3.25. The number of carbonyl (C=O) groups excluding carboxylic acids is 1. The highest BCUT2D eigenvalue weighted by molar-refractivity contribution is 5.74. The first kappa shape index (κ1) is 10.4. The van der Waals surface area contributed by atoms with Crippen molar-refractivity contribution >= 4 is 6.29 Å². The minimum Gasteiger partial charge on any atom is -0.457 e. The summed E-state index contributed by atoms with van der Waals surface area (Å²) in [7, 11) is 0. The van der Waals surface area contributed by atoms with Crippen molar-refractivity contribution in [1.29, 1.82) is 0 Å². The molecular weight excluding hydrogens is 207 g/mol. The number of aldehydes is 1. The Morgan fingerprint density at radius 1 is 1.00 bits per heavy atom. The molecule has 2 rings (SSSR count). The molecule has 16 heavy (non-hydrogen) atoms. The second kappa shape index (κ2) is 4.57. The van der Waals surface area contributed by atoms with Crippen molar-refractivity contribution in [1.82, 2.24) is 0 Å². The van der Waals surface area contributed by atoms with Crippen LogP contribution in [0.1, 0.15) is 10.4 Å². The van der Waals surface area contributed by atoms with E-state index in [0.29, 0.717) is 17.1 Å². The van der Waals surface area contributed by atoms with E-state index in [1.807, 2.05) is 0 Å². The van der Waals surface area contributed by atoms with Crippen LogP contribution in [0.5, 0.6) is 11.5 Å². The van der Waals surface area contributed by atoms with E-state index < -0.39 is 0 Å². The Kier molecular flexibility index (Phi) is 2.96. The van der Waals surface area contributed by atoms with Gasteiger partial charge in [-0.1, -0.05) is 6.07 Å². The van der Waals surface area contributed by atoms with E-state index in [1.54, 1.807) is 36.4 Å². The van der Waals surface area contributed by atoms with Gasteiger partial charge in [-0.15, -0.1) is 0 Å². The maximum Gasteiger partial charge on any atom is 0.150 e. The predicted molar refractivity (Wildman–Crippen MR) is 58.3 cm³/mol. The number of rotatable bonds is 3. The summed E-state index contributed by atoms with van der Waals surface area (Å²) in [5.74, 6) is 0.650. The molecule has 0 aliphatic carbocycles. The molecule has 2 nitrogen and oxygen atoms in total. The van der Waals surface area contributed by atoms with Crippen LogP contribution in [0.3, 0.4) is 0 Å². The molecule has 0 fully saturated rings. The average molecular weight is 216 g/mol. The largest absolute Gasteiger partial charge is 0.457 e. The highest BCUT2D eigenvalue weighted by Crippen LogP contribution is 2.21. The molecule has 0 saturated heterocycles. The molecule has 2 aromatic rings. The van der Waals surface area contributed by atoms with Gasteiger partial charge in [-0.25, -0.2) is 4.39 Å². The van der Waals surface area contributed by atoms with E-state index in [0.717, 1.165) is 6.29 Å². The van der Waals surface area contributed by atoms with Gasteiger partial charge in [0.15, 0.2) is 0 Å². The summed E-state index contributed by atoms with van der Waals surface area (Å²) in [4.78, 5) is 10.4. The molecule has 0 heterocycles. The van der Waals surface area contributed by atoms with Gasteiger partial charge in [0.2, 0.25) is 0 Å². The van der Waals surface area contributed by atoms with Crippen LogP contribution in [0.4, 0.5) is 4.39 Å². The van der Waals surface area contributed by atoms with Crippen molar-refractivity contribution in [2.75, 3.05) is 0 Å². The fourth-order valence-electron chi connectivity index (χ4n) is 1.28. The molecule has 0 unspecified atom stereocenters. The Balaban J connectivity index is 2.17. The highest BCUT2D eigenvalue weighted by Gasteiger charge is 1.98. The lowest BCUT2D eigenvalue weighted by molar-refractivity contribution is 0.112. The van der Waals surface area contributed by atoms with Crippen molar-refractivity contribution in [3.8, 4) is 11.5 Å².